The lowest BCUT2D eigenvalue weighted by Gasteiger charge is -1.97. The number of aromatic nitrogens is 2. The Morgan fingerprint density at radius 3 is 3.00 bits per heavy atom. The van der Waals surface area contributed by atoms with Crippen LogP contribution in [-0.2, 0) is 11.2 Å². The first-order valence-electron chi connectivity index (χ1n) is 5.43. The quantitative estimate of drug-likeness (QED) is 0.825. The van der Waals surface area contributed by atoms with E-state index in [1.54, 1.807) is 0 Å². The van der Waals surface area contributed by atoms with E-state index in [0.29, 0.717) is 5.92 Å². The molecule has 0 unspecified atom stereocenters. The number of carboxylic acids is 1. The average molecular weight is 216 g/mol. The van der Waals surface area contributed by atoms with Gasteiger partial charge in [-0.1, -0.05) is 12.1 Å². The maximum Gasteiger partial charge on any atom is 0.307 e. The van der Waals surface area contributed by atoms with Gasteiger partial charge in [0.1, 0.15) is 0 Å². The van der Waals surface area contributed by atoms with Crippen LogP contribution in [-0.4, -0.2) is 21.3 Å². The molecule has 0 radical (unpaired) electrons. The highest BCUT2D eigenvalue weighted by Gasteiger charge is 2.27. The fourth-order valence-electron chi connectivity index (χ4n) is 2.05. The first-order valence-corrected chi connectivity index (χ1v) is 5.43. The molecule has 1 heterocycles. The molecule has 0 bridgehead atoms. The van der Waals surface area contributed by atoms with Crippen LogP contribution < -0.4 is 0 Å². The number of carbonyl (C=O) groups is 1. The zero-order valence-corrected chi connectivity index (χ0v) is 8.73. The number of carboxylic acid groups (broad SMARTS) is 1. The number of nitrogens with zero attached hydrogens (tertiary/aromatic N) is 1. The van der Waals surface area contributed by atoms with Gasteiger partial charge in [-0.3, -0.25) is 9.89 Å². The summed E-state index contributed by atoms with van der Waals surface area (Å²) in [5, 5.41) is 17.1. The van der Waals surface area contributed by atoms with Gasteiger partial charge in [-0.05, 0) is 24.5 Å². The Hall–Kier alpha value is -1.84. The van der Waals surface area contributed by atoms with E-state index in [1.807, 2.05) is 18.2 Å². The standard InChI is InChI=1S/C12H12N2O2/c15-11(16)6-7-1-4-9-10(5-7)13-14-12(9)8-2-3-8/h1,4-5,8H,2-3,6H2,(H,13,14)(H,15,16). The number of benzene rings is 1. The van der Waals surface area contributed by atoms with Crippen molar-refractivity contribution in [2.75, 3.05) is 0 Å². The van der Waals surface area contributed by atoms with E-state index in [1.165, 1.54) is 18.5 Å². The number of hydrogen-bond donors (Lipinski definition) is 2. The summed E-state index contributed by atoms with van der Waals surface area (Å²) in [6.45, 7) is 0. The van der Waals surface area contributed by atoms with Gasteiger partial charge < -0.3 is 5.11 Å². The molecule has 4 nitrogen and oxygen atoms in total. The minimum Gasteiger partial charge on any atom is -0.481 e. The lowest BCUT2D eigenvalue weighted by atomic mass is 10.1. The normalized spacial score (nSPS) is 15.5. The van der Waals surface area contributed by atoms with Crippen LogP contribution in [0.5, 0.6) is 0 Å². The van der Waals surface area contributed by atoms with Crippen molar-refractivity contribution in [2.45, 2.75) is 25.2 Å². The van der Waals surface area contributed by atoms with Gasteiger partial charge in [0.05, 0.1) is 11.9 Å². The molecule has 0 spiro atoms. The monoisotopic (exact) mass is 216 g/mol. The number of H-pyrrole nitrogens is 1. The van der Waals surface area contributed by atoms with Crippen molar-refractivity contribution >= 4 is 16.9 Å². The number of hydrogen-bond acceptors (Lipinski definition) is 2. The molecule has 1 aromatic heterocycles. The maximum atomic E-state index is 10.6. The molecule has 1 aromatic carbocycles. The lowest BCUT2D eigenvalue weighted by Crippen LogP contribution is -1.99. The molecule has 2 N–H and O–H groups in total. The number of aliphatic carboxylic acids is 1. The third-order valence-electron chi connectivity index (χ3n) is 2.99. The maximum absolute atomic E-state index is 10.6. The van der Waals surface area contributed by atoms with Gasteiger partial charge in [0, 0.05) is 17.0 Å². The van der Waals surface area contributed by atoms with Crippen molar-refractivity contribution in [1.82, 2.24) is 10.2 Å². The van der Waals surface area contributed by atoms with Crippen molar-refractivity contribution in [2.24, 2.45) is 0 Å². The van der Waals surface area contributed by atoms with Crippen LogP contribution >= 0.6 is 0 Å². The molecule has 1 aliphatic rings. The summed E-state index contributed by atoms with van der Waals surface area (Å²) in [6, 6.07) is 5.70. The van der Waals surface area contributed by atoms with Crippen LogP contribution in [0.4, 0.5) is 0 Å². The second-order valence-electron chi connectivity index (χ2n) is 4.33. The number of fused-ring (bicyclic) bond motifs is 1. The summed E-state index contributed by atoms with van der Waals surface area (Å²) in [7, 11) is 0. The largest absolute Gasteiger partial charge is 0.481 e. The predicted octanol–water partition coefficient (Wildman–Crippen LogP) is 2.07. The molecule has 1 fully saturated rings. The topological polar surface area (TPSA) is 66.0 Å². The van der Waals surface area contributed by atoms with Crippen LogP contribution in [0, 0.1) is 0 Å². The highest BCUT2D eigenvalue weighted by Crippen LogP contribution is 2.41. The van der Waals surface area contributed by atoms with Crippen molar-refractivity contribution in [3.05, 3.63) is 29.5 Å². The summed E-state index contributed by atoms with van der Waals surface area (Å²) >= 11 is 0. The second kappa shape index (κ2) is 3.33. The Kier molecular flexibility index (Phi) is 1.96. The summed E-state index contributed by atoms with van der Waals surface area (Å²) in [6.07, 6.45) is 2.52. The molecule has 0 aliphatic heterocycles. The molecule has 1 aliphatic carbocycles. The van der Waals surface area contributed by atoms with Crippen molar-refractivity contribution in [3.8, 4) is 0 Å². The molecule has 2 aromatic rings. The Labute approximate surface area is 92.3 Å². The van der Waals surface area contributed by atoms with Crippen LogP contribution in [0.25, 0.3) is 10.9 Å². The summed E-state index contributed by atoms with van der Waals surface area (Å²) < 4.78 is 0. The molecule has 16 heavy (non-hydrogen) atoms. The van der Waals surface area contributed by atoms with Gasteiger partial charge in [0.25, 0.3) is 0 Å². The minimum absolute atomic E-state index is 0.0571. The highest BCUT2D eigenvalue weighted by atomic mass is 16.4. The van der Waals surface area contributed by atoms with Crippen molar-refractivity contribution in [1.29, 1.82) is 0 Å². The first-order chi connectivity index (χ1) is 7.74. The van der Waals surface area contributed by atoms with Crippen LogP contribution in [0.1, 0.15) is 30.0 Å². The minimum atomic E-state index is -0.808. The molecule has 0 amide bonds. The third kappa shape index (κ3) is 1.56. The lowest BCUT2D eigenvalue weighted by molar-refractivity contribution is -0.136. The average Bonchev–Trinajstić information content (AvgIpc) is 2.98. The van der Waals surface area contributed by atoms with E-state index >= 15 is 0 Å². The van der Waals surface area contributed by atoms with Crippen molar-refractivity contribution in [3.63, 3.8) is 0 Å². The molecular formula is C12H12N2O2. The second-order valence-corrected chi connectivity index (χ2v) is 4.33. The van der Waals surface area contributed by atoms with E-state index in [9.17, 15) is 4.79 Å². The fraction of sp³-hybridized carbons (Fsp3) is 0.333. The van der Waals surface area contributed by atoms with Crippen molar-refractivity contribution < 1.29 is 9.90 Å². The molecule has 1 saturated carbocycles. The molecular weight excluding hydrogens is 204 g/mol. The number of rotatable bonds is 3. The predicted molar refractivity (Wildman–Crippen MR) is 59.4 cm³/mol. The fourth-order valence-corrected chi connectivity index (χ4v) is 2.05. The third-order valence-corrected chi connectivity index (χ3v) is 2.99. The molecule has 82 valence electrons. The van der Waals surface area contributed by atoms with Gasteiger partial charge in [-0.25, -0.2) is 0 Å². The van der Waals surface area contributed by atoms with Gasteiger partial charge >= 0.3 is 5.97 Å². The Morgan fingerprint density at radius 1 is 1.50 bits per heavy atom. The molecule has 4 heteroatoms. The van der Waals surface area contributed by atoms with E-state index < -0.39 is 5.97 Å². The van der Waals surface area contributed by atoms with Gasteiger partial charge in [-0.2, -0.15) is 5.10 Å². The van der Waals surface area contributed by atoms with Gasteiger partial charge in [-0.15, -0.1) is 0 Å². The smallest absolute Gasteiger partial charge is 0.307 e. The molecule has 0 saturated heterocycles. The molecule has 3 rings (SSSR count). The summed E-state index contributed by atoms with van der Waals surface area (Å²) in [4.78, 5) is 10.6. The molecule has 0 atom stereocenters. The Bertz CT molecular complexity index is 555. The van der Waals surface area contributed by atoms with Crippen LogP contribution in [0.15, 0.2) is 18.2 Å². The highest BCUT2D eigenvalue weighted by molar-refractivity contribution is 5.84. The Balaban J connectivity index is 2.02. The Morgan fingerprint density at radius 2 is 2.31 bits per heavy atom. The van der Waals surface area contributed by atoms with E-state index in [4.69, 9.17) is 5.11 Å². The van der Waals surface area contributed by atoms with E-state index in [0.717, 1.165) is 16.5 Å². The van der Waals surface area contributed by atoms with Crippen LogP contribution in [0.2, 0.25) is 0 Å². The first kappa shape index (κ1) is 9.39. The van der Waals surface area contributed by atoms with Crippen LogP contribution in [0.3, 0.4) is 0 Å². The van der Waals surface area contributed by atoms with Gasteiger partial charge in [0.15, 0.2) is 0 Å². The van der Waals surface area contributed by atoms with E-state index in [-0.39, 0.29) is 6.42 Å². The summed E-state index contributed by atoms with van der Waals surface area (Å²) in [5.41, 5.74) is 2.88. The number of aromatic amines is 1. The van der Waals surface area contributed by atoms with E-state index in [2.05, 4.69) is 10.2 Å². The van der Waals surface area contributed by atoms with Gasteiger partial charge in [0.2, 0.25) is 0 Å². The zero-order valence-electron chi connectivity index (χ0n) is 8.73. The summed E-state index contributed by atoms with van der Waals surface area (Å²) in [5.74, 6) is -0.173. The SMILES string of the molecule is O=C(O)Cc1ccc2c(C3CC3)[nH]nc2c1. The zero-order chi connectivity index (χ0) is 11.1. The number of nitrogens with one attached hydrogen (secondary N) is 1.